The van der Waals surface area contributed by atoms with Crippen LogP contribution in [0.1, 0.15) is 19.8 Å². The molecule has 9 heteroatoms. The van der Waals surface area contributed by atoms with E-state index >= 15 is 0 Å². The Hall–Kier alpha value is -1.73. The van der Waals surface area contributed by atoms with Crippen LogP contribution in [0.5, 0.6) is 0 Å². The van der Waals surface area contributed by atoms with Crippen molar-refractivity contribution in [3.8, 4) is 0 Å². The van der Waals surface area contributed by atoms with Crippen molar-refractivity contribution >= 4 is 47.6 Å². The van der Waals surface area contributed by atoms with E-state index in [0.29, 0.717) is 25.2 Å². The maximum Gasteiger partial charge on any atom is 0.414 e. The normalized spacial score (nSPS) is 22.7. The summed E-state index contributed by atoms with van der Waals surface area (Å²) in [7, 11) is 0. The number of piperidine rings is 1. The number of carbonyl (C=O) groups is 2. The van der Waals surface area contributed by atoms with Gasteiger partial charge in [-0.3, -0.25) is 14.1 Å². The molecule has 0 bridgehead atoms. The Morgan fingerprint density at radius 3 is 2.81 bits per heavy atom. The number of hydrogen-bond donors (Lipinski definition) is 0. The fourth-order valence-electron chi connectivity index (χ4n) is 3.15. The summed E-state index contributed by atoms with van der Waals surface area (Å²) < 4.78 is 19.9. The highest BCUT2D eigenvalue weighted by molar-refractivity contribution is 6.20. The zero-order valence-corrected chi connectivity index (χ0v) is 16.0. The maximum absolute atomic E-state index is 13.6. The molecule has 1 aromatic rings. The number of anilines is 2. The highest BCUT2D eigenvalue weighted by Crippen LogP contribution is 2.28. The largest absolute Gasteiger partial charge is 0.442 e. The third kappa shape index (κ3) is 4.71. The molecule has 2 aliphatic heterocycles. The molecule has 144 valence electrons. The summed E-state index contributed by atoms with van der Waals surface area (Å²) in [5, 5.41) is 0. The first-order valence-electron chi connectivity index (χ1n) is 8.35. The van der Waals surface area contributed by atoms with Crippen molar-refractivity contribution in [3.05, 3.63) is 24.3 Å². The molecular weight excluding hydrogens is 384 g/mol. The number of rotatable bonds is 4. The predicted molar refractivity (Wildman–Crippen MR) is 101 cm³/mol. The van der Waals surface area contributed by atoms with E-state index < -0.39 is 18.4 Å². The van der Waals surface area contributed by atoms with Crippen molar-refractivity contribution in [2.45, 2.75) is 32.0 Å². The van der Waals surface area contributed by atoms with Crippen LogP contribution >= 0.6 is 24.2 Å². The predicted octanol–water partition coefficient (Wildman–Crippen LogP) is 3.37. The van der Waals surface area contributed by atoms with Gasteiger partial charge in [0, 0.05) is 43.2 Å². The monoisotopic (exact) mass is 405 g/mol. The Labute approximate surface area is 163 Å². The van der Waals surface area contributed by atoms with Crippen LogP contribution in [0.15, 0.2) is 24.3 Å². The van der Waals surface area contributed by atoms with E-state index in [1.165, 1.54) is 11.8 Å². The van der Waals surface area contributed by atoms with Crippen molar-refractivity contribution in [1.82, 2.24) is 4.42 Å². The van der Waals surface area contributed by atoms with Gasteiger partial charge < -0.3 is 9.64 Å². The highest BCUT2D eigenvalue weighted by Gasteiger charge is 2.34. The van der Waals surface area contributed by atoms with E-state index in [0.717, 1.165) is 23.1 Å². The lowest BCUT2D eigenvalue weighted by molar-refractivity contribution is -0.125. The van der Waals surface area contributed by atoms with Gasteiger partial charge in [-0.05, 0) is 31.0 Å². The number of amides is 2. The molecule has 0 unspecified atom stereocenters. The molecule has 26 heavy (non-hydrogen) atoms. The topological polar surface area (TPSA) is 53.1 Å². The zero-order chi connectivity index (χ0) is 18.0. The van der Waals surface area contributed by atoms with Crippen LogP contribution < -0.4 is 9.80 Å². The molecular formula is C17H22Cl2FN3O3. The number of ether oxygens (including phenoxy) is 1. The van der Waals surface area contributed by atoms with Gasteiger partial charge in [-0.1, -0.05) is 6.07 Å². The summed E-state index contributed by atoms with van der Waals surface area (Å²) in [5.41, 5.74) is 1.58. The second-order valence-electron chi connectivity index (χ2n) is 6.39. The number of benzene rings is 1. The fraction of sp³-hybridized carbons (Fsp3) is 0.529. The maximum atomic E-state index is 13.6. The molecule has 2 saturated heterocycles. The number of nitrogens with zero attached hydrogens (tertiary/aromatic N) is 3. The smallest absolute Gasteiger partial charge is 0.414 e. The molecule has 0 radical (unpaired) electrons. The molecule has 0 aliphatic carbocycles. The van der Waals surface area contributed by atoms with Crippen molar-refractivity contribution in [1.29, 1.82) is 0 Å². The first kappa shape index (κ1) is 20.6. The lowest BCUT2D eigenvalue weighted by Crippen LogP contribution is -2.36. The minimum Gasteiger partial charge on any atom is -0.442 e. The molecule has 0 spiro atoms. The molecule has 0 N–H and O–H groups in total. The summed E-state index contributed by atoms with van der Waals surface area (Å²) >= 11 is 5.81. The minimum absolute atomic E-state index is 0. The van der Waals surface area contributed by atoms with Gasteiger partial charge in [0.15, 0.2) is 0 Å². The molecule has 1 aromatic carbocycles. The summed E-state index contributed by atoms with van der Waals surface area (Å²) in [6.45, 7) is 2.97. The van der Waals surface area contributed by atoms with Crippen LogP contribution in [-0.2, 0) is 9.53 Å². The third-order valence-electron chi connectivity index (χ3n) is 4.45. The van der Waals surface area contributed by atoms with E-state index in [-0.39, 0.29) is 24.9 Å². The van der Waals surface area contributed by atoms with E-state index in [4.69, 9.17) is 16.5 Å². The van der Waals surface area contributed by atoms with Gasteiger partial charge in [-0.15, -0.1) is 12.4 Å². The molecule has 2 heterocycles. The molecule has 0 aromatic heterocycles. The molecule has 6 nitrogen and oxygen atoms in total. The lowest BCUT2D eigenvalue weighted by atomic mass is 10.1. The van der Waals surface area contributed by atoms with Gasteiger partial charge in [0.05, 0.1) is 13.1 Å². The number of hydrogen-bond acceptors (Lipinski definition) is 4. The van der Waals surface area contributed by atoms with Gasteiger partial charge in [-0.25, -0.2) is 9.18 Å². The summed E-state index contributed by atoms with van der Waals surface area (Å²) in [6.07, 6.45) is -0.364. The molecule has 2 aliphatic rings. The van der Waals surface area contributed by atoms with Crippen LogP contribution in [0.4, 0.5) is 20.6 Å². The number of cyclic esters (lactones) is 1. The van der Waals surface area contributed by atoms with Gasteiger partial charge >= 0.3 is 6.09 Å². The van der Waals surface area contributed by atoms with Crippen LogP contribution in [0.2, 0.25) is 0 Å². The summed E-state index contributed by atoms with van der Waals surface area (Å²) in [6, 6.07) is 7.44. The van der Waals surface area contributed by atoms with Gasteiger partial charge in [0.25, 0.3) is 0 Å². The van der Waals surface area contributed by atoms with Crippen LogP contribution in [0, 0.1) is 0 Å². The standard InChI is InChI=1S/C17H21ClFN3O3.ClH/c1-12(23)22(18)11-16-10-21(17(24)25-16)15-6-2-5-14(8-15)20-7-3-4-13(19)9-20;/h2,5-6,8,13,16H,3-4,7,9-11H2,1H3;1H/t13-,16-;/m0./s1. The van der Waals surface area contributed by atoms with E-state index in [1.807, 2.05) is 29.2 Å². The van der Waals surface area contributed by atoms with Gasteiger partial charge in [0.2, 0.25) is 5.91 Å². The first-order valence-corrected chi connectivity index (χ1v) is 8.69. The van der Waals surface area contributed by atoms with Crippen molar-refractivity contribution in [3.63, 3.8) is 0 Å². The Morgan fingerprint density at radius 1 is 1.38 bits per heavy atom. The third-order valence-corrected chi connectivity index (χ3v) is 4.83. The van der Waals surface area contributed by atoms with Crippen LogP contribution in [0.25, 0.3) is 0 Å². The zero-order valence-electron chi connectivity index (χ0n) is 14.4. The molecule has 2 fully saturated rings. The number of halogens is 3. The van der Waals surface area contributed by atoms with Crippen molar-refractivity contribution < 1.29 is 18.7 Å². The summed E-state index contributed by atoms with van der Waals surface area (Å²) in [4.78, 5) is 26.9. The summed E-state index contributed by atoms with van der Waals surface area (Å²) in [5.74, 6) is -0.302. The second-order valence-corrected chi connectivity index (χ2v) is 6.79. The minimum atomic E-state index is -0.820. The van der Waals surface area contributed by atoms with E-state index in [1.54, 1.807) is 0 Å². The Bertz CT molecular complexity index is 664. The number of carbonyl (C=O) groups excluding carboxylic acids is 2. The highest BCUT2D eigenvalue weighted by atomic mass is 35.5. The average molecular weight is 406 g/mol. The van der Waals surface area contributed by atoms with Crippen molar-refractivity contribution in [2.75, 3.05) is 36.0 Å². The van der Waals surface area contributed by atoms with Crippen LogP contribution in [0.3, 0.4) is 0 Å². The van der Waals surface area contributed by atoms with E-state index in [2.05, 4.69) is 0 Å². The molecule has 2 amide bonds. The molecule has 3 rings (SSSR count). The SMILES string of the molecule is CC(=O)N(Cl)C[C@@H]1CN(c2cccc(N3CCC[C@H](F)C3)c2)C(=O)O1.Cl. The second kappa shape index (κ2) is 8.77. The van der Waals surface area contributed by atoms with Gasteiger partial charge in [0.1, 0.15) is 12.3 Å². The van der Waals surface area contributed by atoms with E-state index in [9.17, 15) is 14.0 Å². The van der Waals surface area contributed by atoms with Crippen molar-refractivity contribution in [2.24, 2.45) is 0 Å². The fourth-order valence-corrected chi connectivity index (χ4v) is 3.31. The quantitative estimate of drug-likeness (QED) is 0.720. The molecule has 2 atom stereocenters. The number of alkyl halides is 1. The first-order chi connectivity index (χ1) is 11.9. The Kier molecular flexibility index (Phi) is 6.94. The average Bonchev–Trinajstić information content (AvgIpc) is 2.95. The Balaban J connectivity index is 0.00000243. The lowest BCUT2D eigenvalue weighted by Gasteiger charge is -2.31. The van der Waals surface area contributed by atoms with Gasteiger partial charge in [-0.2, -0.15) is 0 Å². The van der Waals surface area contributed by atoms with Crippen LogP contribution in [-0.4, -0.2) is 54.9 Å². The molecule has 0 saturated carbocycles. The Morgan fingerprint density at radius 2 is 2.12 bits per heavy atom.